The summed E-state index contributed by atoms with van der Waals surface area (Å²) >= 11 is 0. The van der Waals surface area contributed by atoms with Crippen LogP contribution in [0.2, 0.25) is 0 Å². The van der Waals surface area contributed by atoms with Gasteiger partial charge in [0.15, 0.2) is 0 Å². The molecule has 0 atom stereocenters. The van der Waals surface area contributed by atoms with Crippen molar-refractivity contribution in [3.8, 4) is 0 Å². The van der Waals surface area contributed by atoms with E-state index in [0.29, 0.717) is 6.42 Å². The largest absolute Gasteiger partial charge is 0.300 e. The monoisotopic (exact) mass is 671 g/mol. The molecule has 0 aromatic carbocycles. The van der Waals surface area contributed by atoms with Crippen LogP contribution in [0.15, 0.2) is 105 Å². The molecule has 0 saturated carbocycles. The van der Waals surface area contributed by atoms with Gasteiger partial charge in [-0.25, -0.2) is 0 Å². The van der Waals surface area contributed by atoms with E-state index in [1.165, 1.54) is 95.1 Å². The Kier molecular flexibility index (Phi) is 28.5. The van der Waals surface area contributed by atoms with E-state index in [0.717, 1.165) is 64.2 Å². The molecule has 0 aliphatic carbocycles. The molecule has 0 aliphatic heterocycles. The van der Waals surface area contributed by atoms with Crippen LogP contribution in [-0.4, -0.2) is 5.78 Å². The van der Waals surface area contributed by atoms with E-state index in [4.69, 9.17) is 0 Å². The summed E-state index contributed by atoms with van der Waals surface area (Å²) in [7, 11) is 0. The van der Waals surface area contributed by atoms with Crippen molar-refractivity contribution in [2.75, 3.05) is 0 Å². The Bertz CT molecular complexity index is 1210. The van der Waals surface area contributed by atoms with Crippen LogP contribution in [0.3, 0.4) is 0 Å². The van der Waals surface area contributed by atoms with Gasteiger partial charge in [0.05, 0.1) is 0 Å². The second-order valence-corrected chi connectivity index (χ2v) is 15.2. The molecular formula is C48H78O. The zero-order chi connectivity index (χ0) is 36.9. The number of hydrogen-bond acceptors (Lipinski definition) is 1. The third-order valence-electron chi connectivity index (χ3n) is 9.30. The first-order valence-corrected chi connectivity index (χ1v) is 19.7. The minimum atomic E-state index is 0.276. The highest BCUT2D eigenvalue weighted by atomic mass is 16.1. The number of Topliss-reactive ketones (excluding diaryl/α,β-unsaturated/α-hetero) is 1. The normalized spacial score (nSPS) is 14.5. The average Bonchev–Trinajstić information content (AvgIpc) is 3.00. The molecule has 0 N–H and O–H groups in total. The van der Waals surface area contributed by atoms with Crippen molar-refractivity contribution in [1.29, 1.82) is 0 Å². The minimum absolute atomic E-state index is 0.276. The van der Waals surface area contributed by atoms with E-state index in [9.17, 15) is 4.79 Å². The Hall–Kier alpha value is -2.67. The summed E-state index contributed by atoms with van der Waals surface area (Å²) in [5, 5.41) is 0. The quantitative estimate of drug-likeness (QED) is 0.0795. The van der Waals surface area contributed by atoms with E-state index in [1.54, 1.807) is 6.92 Å². The van der Waals surface area contributed by atoms with Crippen LogP contribution in [0.25, 0.3) is 0 Å². The maximum Gasteiger partial charge on any atom is 0.130 e. The van der Waals surface area contributed by atoms with Gasteiger partial charge < -0.3 is 4.79 Å². The maximum atomic E-state index is 11.1. The Morgan fingerprint density at radius 2 is 0.429 bits per heavy atom. The zero-order valence-corrected chi connectivity index (χ0v) is 34.3. The first kappa shape index (κ1) is 46.3. The van der Waals surface area contributed by atoms with Crippen molar-refractivity contribution in [1.82, 2.24) is 0 Å². The lowest BCUT2D eigenvalue weighted by Crippen LogP contribution is -1.87. The van der Waals surface area contributed by atoms with Crippen molar-refractivity contribution < 1.29 is 4.79 Å². The molecule has 0 aromatic heterocycles. The fraction of sp³-hybridized carbons (Fsp3) is 0.604. The Balaban J connectivity index is 4.22. The van der Waals surface area contributed by atoms with Gasteiger partial charge >= 0.3 is 0 Å². The summed E-state index contributed by atoms with van der Waals surface area (Å²) in [6.07, 6.45) is 41.7. The lowest BCUT2D eigenvalue weighted by atomic mass is 10.0. The van der Waals surface area contributed by atoms with Crippen molar-refractivity contribution in [2.45, 2.75) is 192 Å². The molecule has 0 amide bonds. The lowest BCUT2D eigenvalue weighted by molar-refractivity contribution is -0.116. The summed E-state index contributed by atoms with van der Waals surface area (Å²) in [5.74, 6) is 0.276. The molecule has 0 bridgehead atoms. The highest BCUT2D eigenvalue weighted by Crippen LogP contribution is 2.17. The van der Waals surface area contributed by atoms with Crippen LogP contribution >= 0.6 is 0 Å². The van der Waals surface area contributed by atoms with Crippen LogP contribution < -0.4 is 0 Å². The van der Waals surface area contributed by atoms with Crippen molar-refractivity contribution in [3.05, 3.63) is 105 Å². The SMILES string of the molecule is CC(=O)CC/C=C(/C)CC/C=C(/C)CC/C=C(/C)CC/C=C(/C)CC/C=C(/C)CC/C=C(/C)CC/C=C(/C)CC/C=C(/C)CCC=C(C)C. The summed E-state index contributed by atoms with van der Waals surface area (Å²) in [4.78, 5) is 11.1. The molecule has 49 heavy (non-hydrogen) atoms. The third kappa shape index (κ3) is 32.3. The van der Waals surface area contributed by atoms with Crippen LogP contribution in [0, 0.1) is 0 Å². The maximum absolute atomic E-state index is 11.1. The van der Waals surface area contributed by atoms with Gasteiger partial charge in [-0.15, -0.1) is 0 Å². The highest BCUT2D eigenvalue weighted by Gasteiger charge is 1.98. The summed E-state index contributed by atoms with van der Waals surface area (Å²) in [5.41, 5.74) is 13.4. The third-order valence-corrected chi connectivity index (χ3v) is 9.30. The van der Waals surface area contributed by atoms with E-state index in [-0.39, 0.29) is 5.78 Å². The molecule has 0 spiro atoms. The number of ketones is 1. The minimum Gasteiger partial charge on any atom is -0.300 e. The molecule has 0 heterocycles. The van der Waals surface area contributed by atoms with Gasteiger partial charge in [0.2, 0.25) is 0 Å². The second kappa shape index (κ2) is 30.2. The predicted molar refractivity (Wildman–Crippen MR) is 223 cm³/mol. The second-order valence-electron chi connectivity index (χ2n) is 15.2. The van der Waals surface area contributed by atoms with E-state index < -0.39 is 0 Å². The fourth-order valence-electron chi connectivity index (χ4n) is 5.75. The summed E-state index contributed by atoms with van der Waals surface area (Å²) in [6.45, 7) is 24.2. The van der Waals surface area contributed by atoms with Gasteiger partial charge in [0, 0.05) is 6.42 Å². The van der Waals surface area contributed by atoms with Gasteiger partial charge in [0.25, 0.3) is 0 Å². The standard InChI is InChI=1S/C48H78O/c1-39(2)21-12-22-40(3)23-13-24-41(4)25-14-26-42(5)27-15-28-43(6)29-16-30-44(7)31-17-32-45(8)33-18-34-46(9)35-19-36-47(10)37-20-38-48(11)49/h21,23,25,27,29,31,33,35,37H,12-20,22,24,26,28,30,32,34,36,38H2,1-11H3/b40-23-,41-25-,42-27-,43-29-,44-31-,45-33-,46-35-,47-37-. The summed E-state index contributed by atoms with van der Waals surface area (Å²) in [6, 6.07) is 0. The molecule has 0 rings (SSSR count). The molecule has 276 valence electrons. The molecular weight excluding hydrogens is 593 g/mol. The molecule has 1 nitrogen and oxygen atoms in total. The van der Waals surface area contributed by atoms with Crippen LogP contribution in [0.1, 0.15) is 192 Å². The van der Waals surface area contributed by atoms with E-state index in [2.05, 4.69) is 124 Å². The summed E-state index contributed by atoms with van der Waals surface area (Å²) < 4.78 is 0. The van der Waals surface area contributed by atoms with Crippen LogP contribution in [-0.2, 0) is 4.79 Å². The fourth-order valence-corrected chi connectivity index (χ4v) is 5.75. The molecule has 0 unspecified atom stereocenters. The Morgan fingerprint density at radius 1 is 0.265 bits per heavy atom. The van der Waals surface area contributed by atoms with Gasteiger partial charge in [-0.05, 0) is 185 Å². The van der Waals surface area contributed by atoms with Gasteiger partial charge in [0.1, 0.15) is 5.78 Å². The number of rotatable bonds is 27. The molecule has 0 fully saturated rings. The molecule has 1 heteroatoms. The predicted octanol–water partition coefficient (Wildman–Crippen LogP) is 16.1. The van der Waals surface area contributed by atoms with Crippen LogP contribution in [0.5, 0.6) is 0 Å². The lowest BCUT2D eigenvalue weighted by Gasteiger charge is -2.04. The van der Waals surface area contributed by atoms with Crippen molar-refractivity contribution in [3.63, 3.8) is 0 Å². The van der Waals surface area contributed by atoms with Crippen molar-refractivity contribution in [2.24, 2.45) is 0 Å². The zero-order valence-electron chi connectivity index (χ0n) is 34.3. The van der Waals surface area contributed by atoms with Gasteiger partial charge in [-0.2, -0.15) is 0 Å². The smallest absolute Gasteiger partial charge is 0.130 e. The van der Waals surface area contributed by atoms with E-state index in [1.807, 2.05) is 0 Å². The Labute approximate surface area is 306 Å². The highest BCUT2D eigenvalue weighted by molar-refractivity contribution is 5.75. The number of carbonyl (C=O) groups excluding carboxylic acids is 1. The van der Waals surface area contributed by atoms with Crippen LogP contribution in [0.4, 0.5) is 0 Å². The molecule has 0 aromatic rings. The molecule has 0 radical (unpaired) electrons. The van der Waals surface area contributed by atoms with E-state index >= 15 is 0 Å². The number of hydrogen-bond donors (Lipinski definition) is 0. The Morgan fingerprint density at radius 3 is 0.592 bits per heavy atom. The number of allylic oxidation sites excluding steroid dienone is 18. The first-order chi connectivity index (χ1) is 23.3. The molecule has 0 aliphatic rings. The van der Waals surface area contributed by atoms with Crippen molar-refractivity contribution >= 4 is 5.78 Å². The number of carbonyl (C=O) groups is 1. The van der Waals surface area contributed by atoms with Gasteiger partial charge in [-0.1, -0.05) is 105 Å². The molecule has 0 saturated heterocycles. The topological polar surface area (TPSA) is 17.1 Å². The van der Waals surface area contributed by atoms with Gasteiger partial charge in [-0.3, -0.25) is 0 Å². The average molecular weight is 671 g/mol. The first-order valence-electron chi connectivity index (χ1n) is 19.7.